The summed E-state index contributed by atoms with van der Waals surface area (Å²) in [6, 6.07) is 5.83. The van der Waals surface area contributed by atoms with Crippen LogP contribution in [0.25, 0.3) is 0 Å². The SMILES string of the molecule is NC(=S)c1cc2c(nc1NCc1cccnn1)CCC2. The Bertz CT molecular complexity index is 642. The summed E-state index contributed by atoms with van der Waals surface area (Å²) in [5.41, 5.74) is 9.87. The third-order valence-electron chi connectivity index (χ3n) is 3.38. The van der Waals surface area contributed by atoms with Crippen molar-refractivity contribution in [1.29, 1.82) is 0 Å². The van der Waals surface area contributed by atoms with Crippen LogP contribution in [0.2, 0.25) is 0 Å². The maximum atomic E-state index is 5.80. The number of aryl methyl sites for hydroxylation is 2. The molecule has 1 aliphatic rings. The number of thiocarbonyl (C=S) groups is 1. The van der Waals surface area contributed by atoms with E-state index in [-0.39, 0.29) is 0 Å². The van der Waals surface area contributed by atoms with Crippen molar-refractivity contribution in [2.75, 3.05) is 5.32 Å². The van der Waals surface area contributed by atoms with Gasteiger partial charge in [-0.25, -0.2) is 4.98 Å². The fourth-order valence-corrected chi connectivity index (χ4v) is 2.55. The van der Waals surface area contributed by atoms with Gasteiger partial charge in [0, 0.05) is 11.9 Å². The molecule has 0 amide bonds. The molecule has 2 aromatic heterocycles. The van der Waals surface area contributed by atoms with Crippen molar-refractivity contribution in [3.05, 3.63) is 46.9 Å². The second kappa shape index (κ2) is 5.50. The molecule has 0 saturated carbocycles. The largest absolute Gasteiger partial charge is 0.389 e. The minimum atomic E-state index is 0.369. The van der Waals surface area contributed by atoms with E-state index in [1.807, 2.05) is 12.1 Å². The zero-order valence-corrected chi connectivity index (χ0v) is 11.8. The lowest BCUT2D eigenvalue weighted by atomic mass is 10.1. The van der Waals surface area contributed by atoms with Gasteiger partial charge in [-0.3, -0.25) is 0 Å². The van der Waals surface area contributed by atoms with E-state index in [0.29, 0.717) is 11.5 Å². The summed E-state index contributed by atoms with van der Waals surface area (Å²) in [6.07, 6.45) is 4.87. The molecule has 2 heterocycles. The Labute approximate surface area is 122 Å². The molecule has 0 atom stereocenters. The van der Waals surface area contributed by atoms with Gasteiger partial charge in [0.25, 0.3) is 0 Å². The number of aromatic nitrogens is 3. The Morgan fingerprint density at radius 2 is 2.30 bits per heavy atom. The average molecular weight is 285 g/mol. The lowest BCUT2D eigenvalue weighted by Gasteiger charge is -2.12. The maximum absolute atomic E-state index is 5.80. The summed E-state index contributed by atoms with van der Waals surface area (Å²) in [6.45, 7) is 0.551. The second-order valence-electron chi connectivity index (χ2n) is 4.78. The highest BCUT2D eigenvalue weighted by molar-refractivity contribution is 7.80. The average Bonchev–Trinajstić information content (AvgIpc) is 2.92. The van der Waals surface area contributed by atoms with Crippen molar-refractivity contribution in [2.24, 2.45) is 5.73 Å². The molecule has 20 heavy (non-hydrogen) atoms. The fourth-order valence-electron chi connectivity index (χ4n) is 2.40. The van der Waals surface area contributed by atoms with Gasteiger partial charge in [-0.05, 0) is 43.0 Å². The molecule has 0 unspecified atom stereocenters. The van der Waals surface area contributed by atoms with Gasteiger partial charge in [-0.2, -0.15) is 10.2 Å². The van der Waals surface area contributed by atoms with E-state index < -0.39 is 0 Å². The summed E-state index contributed by atoms with van der Waals surface area (Å²) in [7, 11) is 0. The Kier molecular flexibility index (Phi) is 3.56. The first-order chi connectivity index (χ1) is 9.74. The van der Waals surface area contributed by atoms with Crippen molar-refractivity contribution in [3.63, 3.8) is 0 Å². The van der Waals surface area contributed by atoms with Crippen LogP contribution in [0.15, 0.2) is 24.4 Å². The van der Waals surface area contributed by atoms with E-state index in [9.17, 15) is 0 Å². The number of nitrogens with one attached hydrogen (secondary N) is 1. The molecule has 6 heteroatoms. The molecule has 0 bridgehead atoms. The van der Waals surface area contributed by atoms with Gasteiger partial charge in [-0.1, -0.05) is 12.2 Å². The second-order valence-corrected chi connectivity index (χ2v) is 5.22. The molecule has 0 fully saturated rings. The predicted molar refractivity (Wildman–Crippen MR) is 81.5 cm³/mol. The Hall–Kier alpha value is -2.08. The van der Waals surface area contributed by atoms with E-state index in [1.54, 1.807) is 6.20 Å². The van der Waals surface area contributed by atoms with E-state index in [1.165, 1.54) is 5.56 Å². The van der Waals surface area contributed by atoms with Crippen LogP contribution < -0.4 is 11.1 Å². The molecule has 0 spiro atoms. The van der Waals surface area contributed by atoms with Crippen molar-refractivity contribution in [3.8, 4) is 0 Å². The van der Waals surface area contributed by atoms with E-state index in [0.717, 1.165) is 42.0 Å². The van der Waals surface area contributed by atoms with Crippen molar-refractivity contribution in [1.82, 2.24) is 15.2 Å². The highest BCUT2D eigenvalue weighted by Gasteiger charge is 2.17. The van der Waals surface area contributed by atoms with Gasteiger partial charge < -0.3 is 11.1 Å². The fraction of sp³-hybridized carbons (Fsp3) is 0.286. The third kappa shape index (κ3) is 2.60. The topological polar surface area (TPSA) is 76.7 Å². The van der Waals surface area contributed by atoms with Crippen molar-refractivity contribution >= 4 is 23.0 Å². The Morgan fingerprint density at radius 3 is 3.05 bits per heavy atom. The minimum absolute atomic E-state index is 0.369. The summed E-state index contributed by atoms with van der Waals surface area (Å²) in [4.78, 5) is 5.03. The first-order valence-corrected chi connectivity index (χ1v) is 6.98. The number of nitrogens with two attached hydrogens (primary N) is 1. The first-order valence-electron chi connectivity index (χ1n) is 6.57. The van der Waals surface area contributed by atoms with Gasteiger partial charge in [0.15, 0.2) is 0 Å². The van der Waals surface area contributed by atoms with Gasteiger partial charge in [0.2, 0.25) is 0 Å². The number of nitrogens with zero attached hydrogens (tertiary/aromatic N) is 3. The number of rotatable bonds is 4. The molecule has 5 nitrogen and oxygen atoms in total. The van der Waals surface area contributed by atoms with Crippen molar-refractivity contribution < 1.29 is 0 Å². The number of anilines is 1. The highest BCUT2D eigenvalue weighted by Crippen LogP contribution is 2.25. The van der Waals surface area contributed by atoms with Gasteiger partial charge in [0.05, 0.1) is 17.8 Å². The van der Waals surface area contributed by atoms with Gasteiger partial charge in [-0.15, -0.1) is 0 Å². The molecule has 2 aromatic rings. The minimum Gasteiger partial charge on any atom is -0.389 e. The third-order valence-corrected chi connectivity index (χ3v) is 3.60. The molecule has 0 aliphatic heterocycles. The molecule has 1 aliphatic carbocycles. The van der Waals surface area contributed by atoms with Gasteiger partial charge in [0.1, 0.15) is 10.8 Å². The zero-order chi connectivity index (χ0) is 13.9. The standard InChI is InChI=1S/C14H15N5S/c15-13(20)11-7-9-3-1-5-12(9)18-14(11)16-8-10-4-2-6-17-19-10/h2,4,6-7H,1,3,5,8H2,(H2,15,20)(H,16,18). The molecular formula is C14H15N5S. The van der Waals surface area contributed by atoms with Crippen molar-refractivity contribution in [2.45, 2.75) is 25.8 Å². The van der Waals surface area contributed by atoms with Crippen LogP contribution in [-0.2, 0) is 19.4 Å². The number of hydrogen-bond acceptors (Lipinski definition) is 5. The lowest BCUT2D eigenvalue weighted by molar-refractivity contribution is 0.895. The number of pyridine rings is 1. The smallest absolute Gasteiger partial charge is 0.136 e. The zero-order valence-electron chi connectivity index (χ0n) is 11.0. The molecular weight excluding hydrogens is 270 g/mol. The number of fused-ring (bicyclic) bond motifs is 1. The molecule has 3 N–H and O–H groups in total. The van der Waals surface area contributed by atoms with Gasteiger partial charge >= 0.3 is 0 Å². The maximum Gasteiger partial charge on any atom is 0.136 e. The molecule has 0 aromatic carbocycles. The van der Waals surface area contributed by atoms with Crippen LogP contribution in [0.3, 0.4) is 0 Å². The molecule has 102 valence electrons. The monoisotopic (exact) mass is 285 g/mol. The number of hydrogen-bond donors (Lipinski definition) is 2. The highest BCUT2D eigenvalue weighted by atomic mass is 32.1. The molecule has 3 rings (SSSR count). The van der Waals surface area contributed by atoms with Crippen LogP contribution >= 0.6 is 12.2 Å². The van der Waals surface area contributed by atoms with E-state index in [4.69, 9.17) is 18.0 Å². The lowest BCUT2D eigenvalue weighted by Crippen LogP contribution is -2.16. The van der Waals surface area contributed by atoms with E-state index in [2.05, 4.69) is 26.6 Å². The quantitative estimate of drug-likeness (QED) is 0.831. The summed E-state index contributed by atoms with van der Waals surface area (Å²) < 4.78 is 0. The van der Waals surface area contributed by atoms with Crippen LogP contribution in [0.1, 0.15) is 28.9 Å². The first kappa shape index (κ1) is 12.9. The molecule has 0 saturated heterocycles. The van der Waals surface area contributed by atoms with E-state index >= 15 is 0 Å². The Morgan fingerprint density at radius 1 is 1.40 bits per heavy atom. The predicted octanol–water partition coefficient (Wildman–Crippen LogP) is 1.61. The van der Waals surface area contributed by atoms with Crippen LogP contribution in [-0.4, -0.2) is 20.2 Å². The Balaban J connectivity index is 1.86. The summed E-state index contributed by atoms with van der Waals surface area (Å²) in [5, 5.41) is 11.1. The summed E-state index contributed by atoms with van der Waals surface area (Å²) in [5.74, 6) is 0.740. The molecule has 0 radical (unpaired) electrons. The normalized spacial score (nSPS) is 13.0. The van der Waals surface area contributed by atoms with Crippen LogP contribution in [0, 0.1) is 0 Å². The van der Waals surface area contributed by atoms with Crippen LogP contribution in [0.5, 0.6) is 0 Å². The summed E-state index contributed by atoms with van der Waals surface area (Å²) >= 11 is 5.12. The van der Waals surface area contributed by atoms with Crippen LogP contribution in [0.4, 0.5) is 5.82 Å².